The molecule has 0 N–H and O–H groups in total. The average Bonchev–Trinajstić information content (AvgIpc) is 2.83. The Bertz CT molecular complexity index is 930. The highest BCUT2D eigenvalue weighted by molar-refractivity contribution is 5.78. The van der Waals surface area contributed by atoms with Crippen LogP contribution < -0.4 is 4.74 Å². The molecule has 5 nitrogen and oxygen atoms in total. The summed E-state index contributed by atoms with van der Waals surface area (Å²) in [5.41, 5.74) is 3.30. The van der Waals surface area contributed by atoms with Crippen LogP contribution in [0.1, 0.15) is 11.3 Å². The summed E-state index contributed by atoms with van der Waals surface area (Å²) in [5.74, 6) is 0.184. The van der Waals surface area contributed by atoms with Gasteiger partial charge in [0, 0.05) is 24.5 Å². The first-order valence-electron chi connectivity index (χ1n) is 8.24. The Labute approximate surface area is 150 Å². The Kier molecular flexibility index (Phi) is 4.31. The van der Waals surface area contributed by atoms with Crippen molar-refractivity contribution in [2.75, 3.05) is 6.61 Å². The molecule has 130 valence electrons. The molecule has 26 heavy (non-hydrogen) atoms. The fourth-order valence-corrected chi connectivity index (χ4v) is 2.87. The van der Waals surface area contributed by atoms with E-state index in [1.165, 1.54) is 12.1 Å². The van der Waals surface area contributed by atoms with Gasteiger partial charge < -0.3 is 9.64 Å². The first-order valence-corrected chi connectivity index (χ1v) is 8.24. The van der Waals surface area contributed by atoms with E-state index in [0.29, 0.717) is 24.5 Å². The largest absolute Gasteiger partial charge is 0.482 e. The second-order valence-corrected chi connectivity index (χ2v) is 6.04. The molecule has 6 heteroatoms. The quantitative estimate of drug-likeness (QED) is 0.729. The molecule has 3 aromatic rings. The van der Waals surface area contributed by atoms with E-state index in [0.717, 1.165) is 16.8 Å². The van der Waals surface area contributed by atoms with Gasteiger partial charge in [0.1, 0.15) is 17.3 Å². The number of pyridine rings is 2. The van der Waals surface area contributed by atoms with E-state index in [9.17, 15) is 9.18 Å². The number of rotatable bonds is 3. The minimum atomic E-state index is -0.298. The highest BCUT2D eigenvalue weighted by Crippen LogP contribution is 2.26. The normalized spacial score (nSPS) is 13.7. The molecule has 0 spiro atoms. The van der Waals surface area contributed by atoms with E-state index < -0.39 is 0 Å². The molecule has 0 bridgehead atoms. The van der Waals surface area contributed by atoms with Gasteiger partial charge in [-0.1, -0.05) is 12.1 Å². The van der Waals surface area contributed by atoms with Gasteiger partial charge in [-0.15, -0.1) is 0 Å². The predicted octanol–water partition coefficient (Wildman–Crippen LogP) is 3.20. The lowest BCUT2D eigenvalue weighted by atomic mass is 10.1. The Morgan fingerprint density at radius 3 is 2.58 bits per heavy atom. The van der Waals surface area contributed by atoms with Crippen LogP contribution in [-0.2, 0) is 17.9 Å². The summed E-state index contributed by atoms with van der Waals surface area (Å²) in [6, 6.07) is 13.6. The van der Waals surface area contributed by atoms with Crippen molar-refractivity contribution in [3.63, 3.8) is 0 Å². The molecule has 0 unspecified atom stereocenters. The molecular formula is C20H16FN3O2. The first kappa shape index (κ1) is 16.2. The van der Waals surface area contributed by atoms with Gasteiger partial charge in [-0.25, -0.2) is 9.37 Å². The van der Waals surface area contributed by atoms with E-state index >= 15 is 0 Å². The maximum absolute atomic E-state index is 13.1. The fraction of sp³-hybridized carbons (Fsp3) is 0.150. The first-order chi connectivity index (χ1) is 12.7. The van der Waals surface area contributed by atoms with Crippen molar-refractivity contribution in [3.8, 4) is 17.0 Å². The van der Waals surface area contributed by atoms with Gasteiger partial charge in [-0.05, 0) is 42.0 Å². The Hall–Kier alpha value is -3.28. The van der Waals surface area contributed by atoms with Crippen molar-refractivity contribution >= 4 is 5.91 Å². The van der Waals surface area contributed by atoms with Crippen molar-refractivity contribution in [1.29, 1.82) is 0 Å². The number of nitrogens with zero attached hydrogens (tertiary/aromatic N) is 3. The molecule has 0 saturated heterocycles. The van der Waals surface area contributed by atoms with E-state index in [4.69, 9.17) is 4.74 Å². The summed E-state index contributed by atoms with van der Waals surface area (Å²) in [7, 11) is 0. The second kappa shape index (κ2) is 6.92. The van der Waals surface area contributed by atoms with Crippen LogP contribution in [0.15, 0.2) is 60.9 Å². The number of amides is 1. The lowest BCUT2D eigenvalue weighted by Gasteiger charge is -2.19. The number of ether oxygens (including phenoxy) is 1. The van der Waals surface area contributed by atoms with Crippen LogP contribution in [0.25, 0.3) is 11.3 Å². The average molecular weight is 349 g/mol. The van der Waals surface area contributed by atoms with Crippen LogP contribution in [0, 0.1) is 5.82 Å². The topological polar surface area (TPSA) is 55.3 Å². The molecule has 1 amide bonds. The summed E-state index contributed by atoms with van der Waals surface area (Å²) in [6.45, 7) is 0.679. The zero-order valence-corrected chi connectivity index (χ0v) is 13.9. The molecule has 1 aliphatic heterocycles. The molecule has 2 aromatic heterocycles. The maximum Gasteiger partial charge on any atom is 0.261 e. The van der Waals surface area contributed by atoms with Crippen LogP contribution in [0.5, 0.6) is 5.75 Å². The molecule has 0 radical (unpaired) electrons. The molecule has 0 aliphatic carbocycles. The molecule has 1 aromatic carbocycles. The Balaban J connectivity index is 1.62. The Morgan fingerprint density at radius 2 is 1.81 bits per heavy atom. The van der Waals surface area contributed by atoms with Gasteiger partial charge >= 0.3 is 0 Å². The van der Waals surface area contributed by atoms with Gasteiger partial charge in [0.25, 0.3) is 5.91 Å². The van der Waals surface area contributed by atoms with Gasteiger partial charge in [0.05, 0.1) is 12.2 Å². The minimum absolute atomic E-state index is 0.0372. The number of hydrogen-bond acceptors (Lipinski definition) is 4. The summed E-state index contributed by atoms with van der Waals surface area (Å²) >= 11 is 0. The van der Waals surface area contributed by atoms with Crippen molar-refractivity contribution in [3.05, 3.63) is 78.0 Å². The fourth-order valence-electron chi connectivity index (χ4n) is 2.87. The maximum atomic E-state index is 13.1. The van der Waals surface area contributed by atoms with Crippen LogP contribution in [-0.4, -0.2) is 27.4 Å². The van der Waals surface area contributed by atoms with Gasteiger partial charge in [-0.3, -0.25) is 9.78 Å². The summed E-state index contributed by atoms with van der Waals surface area (Å²) in [5, 5.41) is 0. The molecule has 0 fully saturated rings. The van der Waals surface area contributed by atoms with E-state index in [-0.39, 0.29) is 18.3 Å². The molecule has 4 rings (SSSR count). The number of carbonyl (C=O) groups excluding carboxylic acids is 1. The third-order valence-corrected chi connectivity index (χ3v) is 4.24. The van der Waals surface area contributed by atoms with Crippen LogP contribution in [0.2, 0.25) is 0 Å². The van der Waals surface area contributed by atoms with Crippen molar-refractivity contribution in [2.24, 2.45) is 0 Å². The zero-order valence-electron chi connectivity index (χ0n) is 13.9. The smallest absolute Gasteiger partial charge is 0.261 e. The Morgan fingerprint density at radius 1 is 1.04 bits per heavy atom. The summed E-state index contributed by atoms with van der Waals surface area (Å²) in [6.07, 6.45) is 3.42. The summed E-state index contributed by atoms with van der Waals surface area (Å²) in [4.78, 5) is 22.8. The number of hydrogen-bond donors (Lipinski definition) is 0. The number of fused-ring (bicyclic) bond motifs is 1. The summed E-state index contributed by atoms with van der Waals surface area (Å²) < 4.78 is 18.7. The number of halogens is 1. The highest BCUT2D eigenvalue weighted by Gasteiger charge is 2.23. The standard InChI is InChI=1S/C20H16FN3O2/c21-16-3-1-14(2-4-16)11-24-12-18-19(26-13-20(24)25)6-5-17(23-18)15-7-9-22-10-8-15/h1-10H,11-13H2. The molecule has 1 aliphatic rings. The van der Waals surface area contributed by atoms with Gasteiger partial charge in [0.2, 0.25) is 0 Å². The van der Waals surface area contributed by atoms with Crippen LogP contribution >= 0.6 is 0 Å². The van der Waals surface area contributed by atoms with Crippen LogP contribution in [0.3, 0.4) is 0 Å². The lowest BCUT2D eigenvalue weighted by molar-refractivity contribution is -0.133. The number of carbonyl (C=O) groups is 1. The SMILES string of the molecule is O=C1COc2ccc(-c3ccncc3)nc2CN1Cc1ccc(F)cc1. The molecule has 3 heterocycles. The second-order valence-electron chi connectivity index (χ2n) is 6.04. The van der Waals surface area contributed by atoms with E-state index in [2.05, 4.69) is 9.97 Å². The van der Waals surface area contributed by atoms with Crippen molar-refractivity contribution in [2.45, 2.75) is 13.1 Å². The van der Waals surface area contributed by atoms with Gasteiger partial charge in [0.15, 0.2) is 6.61 Å². The zero-order chi connectivity index (χ0) is 17.9. The van der Waals surface area contributed by atoms with Crippen LogP contribution in [0.4, 0.5) is 4.39 Å². The lowest BCUT2D eigenvalue weighted by Crippen LogP contribution is -2.32. The van der Waals surface area contributed by atoms with E-state index in [1.807, 2.05) is 24.3 Å². The minimum Gasteiger partial charge on any atom is -0.482 e. The molecule has 0 saturated carbocycles. The number of aromatic nitrogens is 2. The molecule has 0 atom stereocenters. The highest BCUT2D eigenvalue weighted by atomic mass is 19.1. The number of benzene rings is 1. The van der Waals surface area contributed by atoms with Gasteiger partial charge in [-0.2, -0.15) is 0 Å². The monoisotopic (exact) mass is 349 g/mol. The van der Waals surface area contributed by atoms with Crippen molar-refractivity contribution in [1.82, 2.24) is 14.9 Å². The third kappa shape index (κ3) is 3.39. The van der Waals surface area contributed by atoms with Crippen molar-refractivity contribution < 1.29 is 13.9 Å². The predicted molar refractivity (Wildman–Crippen MR) is 93.6 cm³/mol. The van der Waals surface area contributed by atoms with E-state index in [1.54, 1.807) is 29.4 Å². The third-order valence-electron chi connectivity index (χ3n) is 4.24. The molecular weight excluding hydrogens is 333 g/mol.